The number of rotatable bonds is 8. The van der Waals surface area contributed by atoms with Crippen molar-refractivity contribution in [2.45, 2.75) is 44.4 Å². The molecule has 26 heavy (non-hydrogen) atoms. The Morgan fingerprint density at radius 3 is 2.50 bits per heavy atom. The highest BCUT2D eigenvalue weighted by Gasteiger charge is 2.34. The summed E-state index contributed by atoms with van der Waals surface area (Å²) in [4.78, 5) is 24.8. The first-order chi connectivity index (χ1) is 12.1. The molecule has 1 heterocycles. The van der Waals surface area contributed by atoms with E-state index in [2.05, 4.69) is 10.6 Å². The van der Waals surface area contributed by atoms with Crippen LogP contribution in [0, 0.1) is 5.92 Å². The van der Waals surface area contributed by atoms with Gasteiger partial charge in [0, 0.05) is 19.6 Å². The SMILES string of the molecule is COC(=O)[C@H](Cc1ccccc1)NC(=O)[C@@H](C)[C@@H](OC)C1CCCN1.Cl. The molecule has 2 rings (SSSR count). The summed E-state index contributed by atoms with van der Waals surface area (Å²) in [6.45, 7) is 2.78. The topological polar surface area (TPSA) is 76.7 Å². The van der Waals surface area contributed by atoms with Gasteiger partial charge in [-0.25, -0.2) is 4.79 Å². The van der Waals surface area contributed by atoms with Crippen molar-refractivity contribution in [3.05, 3.63) is 35.9 Å². The zero-order valence-corrected chi connectivity index (χ0v) is 16.4. The van der Waals surface area contributed by atoms with E-state index in [1.54, 1.807) is 7.11 Å². The normalized spacial score (nSPS) is 19.7. The minimum Gasteiger partial charge on any atom is -0.467 e. The van der Waals surface area contributed by atoms with Crippen LogP contribution < -0.4 is 10.6 Å². The Morgan fingerprint density at radius 1 is 1.27 bits per heavy atom. The van der Waals surface area contributed by atoms with Crippen molar-refractivity contribution in [1.29, 1.82) is 0 Å². The molecule has 7 heteroatoms. The Kier molecular flexibility index (Phi) is 9.62. The lowest BCUT2D eigenvalue weighted by Gasteiger charge is -2.28. The predicted octanol–water partition coefficient (Wildman–Crippen LogP) is 1.71. The van der Waals surface area contributed by atoms with Crippen LogP contribution in [0.15, 0.2) is 30.3 Å². The molecule has 0 aromatic heterocycles. The number of hydrogen-bond acceptors (Lipinski definition) is 5. The van der Waals surface area contributed by atoms with Crippen molar-refractivity contribution in [1.82, 2.24) is 10.6 Å². The third kappa shape index (κ3) is 5.97. The van der Waals surface area contributed by atoms with Gasteiger partial charge < -0.3 is 20.1 Å². The number of hydrogen-bond donors (Lipinski definition) is 2. The molecule has 1 unspecified atom stereocenters. The number of ether oxygens (including phenoxy) is 2. The fourth-order valence-electron chi connectivity index (χ4n) is 3.35. The van der Waals surface area contributed by atoms with Crippen molar-refractivity contribution in [2.75, 3.05) is 20.8 Å². The second-order valence-electron chi connectivity index (χ2n) is 6.47. The van der Waals surface area contributed by atoms with Gasteiger partial charge in [-0.2, -0.15) is 0 Å². The third-order valence-corrected chi connectivity index (χ3v) is 4.76. The lowest BCUT2D eigenvalue weighted by molar-refractivity contribution is -0.146. The fourth-order valence-corrected chi connectivity index (χ4v) is 3.35. The highest BCUT2D eigenvalue weighted by molar-refractivity contribution is 5.86. The summed E-state index contributed by atoms with van der Waals surface area (Å²) in [5, 5.41) is 6.21. The van der Waals surface area contributed by atoms with Crippen LogP contribution >= 0.6 is 12.4 Å². The van der Waals surface area contributed by atoms with Crippen molar-refractivity contribution in [2.24, 2.45) is 5.92 Å². The Bertz CT molecular complexity index is 564. The van der Waals surface area contributed by atoms with Gasteiger partial charge in [0.25, 0.3) is 0 Å². The molecule has 1 aromatic carbocycles. The van der Waals surface area contributed by atoms with Crippen LogP contribution in [0.3, 0.4) is 0 Å². The van der Waals surface area contributed by atoms with E-state index in [9.17, 15) is 9.59 Å². The first-order valence-corrected chi connectivity index (χ1v) is 8.75. The number of carbonyl (C=O) groups is 2. The van der Waals surface area contributed by atoms with E-state index < -0.39 is 12.0 Å². The molecule has 1 fully saturated rings. The van der Waals surface area contributed by atoms with Crippen LogP contribution in [0.5, 0.6) is 0 Å². The summed E-state index contributed by atoms with van der Waals surface area (Å²) >= 11 is 0. The Morgan fingerprint density at radius 2 is 1.96 bits per heavy atom. The maximum atomic E-state index is 12.7. The standard InChI is InChI=1S/C19H28N2O4.ClH/c1-13(17(24-2)15-10-7-11-20-15)18(22)21-16(19(23)25-3)12-14-8-5-4-6-9-14;/h4-6,8-9,13,15-17,20H,7,10-12H2,1-3H3,(H,21,22);1H/t13-,15?,16-,17+;/m0./s1. The molecule has 6 nitrogen and oxygen atoms in total. The number of methoxy groups -OCH3 is 2. The number of nitrogens with one attached hydrogen (secondary N) is 2. The van der Waals surface area contributed by atoms with E-state index in [4.69, 9.17) is 9.47 Å². The summed E-state index contributed by atoms with van der Waals surface area (Å²) < 4.78 is 10.4. The first-order valence-electron chi connectivity index (χ1n) is 8.75. The van der Waals surface area contributed by atoms with E-state index in [1.165, 1.54) is 7.11 Å². The number of halogens is 1. The van der Waals surface area contributed by atoms with E-state index in [1.807, 2.05) is 37.3 Å². The van der Waals surface area contributed by atoms with Gasteiger partial charge in [-0.3, -0.25) is 4.79 Å². The van der Waals surface area contributed by atoms with Crippen LogP contribution in [-0.2, 0) is 25.5 Å². The molecule has 4 atom stereocenters. The fraction of sp³-hybridized carbons (Fsp3) is 0.579. The van der Waals surface area contributed by atoms with Crippen LogP contribution in [-0.4, -0.2) is 50.8 Å². The molecule has 1 amide bonds. The highest BCUT2D eigenvalue weighted by Crippen LogP contribution is 2.19. The maximum absolute atomic E-state index is 12.7. The molecule has 1 aromatic rings. The highest BCUT2D eigenvalue weighted by atomic mass is 35.5. The quantitative estimate of drug-likeness (QED) is 0.667. The Balaban J connectivity index is 0.00000338. The summed E-state index contributed by atoms with van der Waals surface area (Å²) in [5.74, 6) is -1.02. The molecular weight excluding hydrogens is 356 g/mol. The predicted molar refractivity (Wildman–Crippen MR) is 102 cm³/mol. The minimum atomic E-state index is -0.712. The van der Waals surface area contributed by atoms with Gasteiger partial charge in [-0.05, 0) is 24.9 Å². The Hall–Kier alpha value is -1.63. The summed E-state index contributed by atoms with van der Waals surface area (Å²) in [7, 11) is 2.95. The number of benzene rings is 1. The molecule has 1 saturated heterocycles. The molecule has 0 saturated carbocycles. The molecule has 0 aliphatic carbocycles. The van der Waals surface area contributed by atoms with Crippen LogP contribution in [0.25, 0.3) is 0 Å². The van der Waals surface area contributed by atoms with Gasteiger partial charge in [0.2, 0.25) is 5.91 Å². The first kappa shape index (κ1) is 22.4. The lowest BCUT2D eigenvalue weighted by Crippen LogP contribution is -2.50. The average Bonchev–Trinajstić information content (AvgIpc) is 3.16. The molecule has 146 valence electrons. The van der Waals surface area contributed by atoms with E-state index in [0.717, 1.165) is 24.9 Å². The molecule has 2 N–H and O–H groups in total. The monoisotopic (exact) mass is 384 g/mol. The summed E-state index contributed by atoms with van der Waals surface area (Å²) in [6, 6.07) is 9.02. The van der Waals surface area contributed by atoms with Crippen molar-refractivity contribution >= 4 is 24.3 Å². The molecule has 1 aliphatic rings. The van der Waals surface area contributed by atoms with Crippen LogP contribution in [0.1, 0.15) is 25.3 Å². The molecule has 0 radical (unpaired) electrons. The zero-order chi connectivity index (χ0) is 18.2. The summed E-state index contributed by atoms with van der Waals surface area (Å²) in [6.07, 6.45) is 2.24. The largest absolute Gasteiger partial charge is 0.467 e. The van der Waals surface area contributed by atoms with Gasteiger partial charge in [0.15, 0.2) is 0 Å². The van der Waals surface area contributed by atoms with Gasteiger partial charge in [-0.15, -0.1) is 12.4 Å². The zero-order valence-electron chi connectivity index (χ0n) is 15.6. The number of amides is 1. The van der Waals surface area contributed by atoms with Gasteiger partial charge in [-0.1, -0.05) is 37.3 Å². The molecule has 0 bridgehead atoms. The maximum Gasteiger partial charge on any atom is 0.328 e. The number of carbonyl (C=O) groups excluding carboxylic acids is 2. The molecule has 1 aliphatic heterocycles. The second kappa shape index (κ2) is 11.2. The molecular formula is C19H29ClN2O4. The van der Waals surface area contributed by atoms with Crippen molar-refractivity contribution in [3.8, 4) is 0 Å². The van der Waals surface area contributed by atoms with Crippen LogP contribution in [0.2, 0.25) is 0 Å². The van der Waals surface area contributed by atoms with Gasteiger partial charge in [0.05, 0.1) is 19.1 Å². The van der Waals surface area contributed by atoms with E-state index >= 15 is 0 Å². The van der Waals surface area contributed by atoms with E-state index in [0.29, 0.717) is 6.42 Å². The van der Waals surface area contributed by atoms with E-state index in [-0.39, 0.29) is 36.4 Å². The van der Waals surface area contributed by atoms with Crippen LogP contribution in [0.4, 0.5) is 0 Å². The van der Waals surface area contributed by atoms with Gasteiger partial charge in [0.1, 0.15) is 6.04 Å². The second-order valence-corrected chi connectivity index (χ2v) is 6.47. The third-order valence-electron chi connectivity index (χ3n) is 4.76. The lowest BCUT2D eigenvalue weighted by atomic mass is 9.95. The average molecular weight is 385 g/mol. The summed E-state index contributed by atoms with van der Waals surface area (Å²) in [5.41, 5.74) is 0.964. The smallest absolute Gasteiger partial charge is 0.328 e. The molecule has 0 spiro atoms. The van der Waals surface area contributed by atoms with Gasteiger partial charge >= 0.3 is 5.97 Å². The Labute approximate surface area is 161 Å². The van der Waals surface area contributed by atoms with Crippen molar-refractivity contribution in [3.63, 3.8) is 0 Å². The van der Waals surface area contributed by atoms with Crippen molar-refractivity contribution < 1.29 is 19.1 Å². The minimum absolute atomic E-state index is 0. The number of esters is 1.